The summed E-state index contributed by atoms with van der Waals surface area (Å²) in [7, 11) is 0. The molecule has 0 saturated carbocycles. The van der Waals surface area contributed by atoms with E-state index in [0.717, 1.165) is 15.8 Å². The molecule has 5 rings (SSSR count). The number of likely N-dealkylation sites (tertiary alicyclic amines) is 1. The molecule has 2 aliphatic rings. The molecule has 2 atom stereocenters. The number of allylic oxidation sites excluding steroid dienone is 4. The summed E-state index contributed by atoms with van der Waals surface area (Å²) in [5.41, 5.74) is 2.94. The van der Waals surface area contributed by atoms with Crippen LogP contribution in [0.2, 0.25) is 0 Å². The zero-order valence-electron chi connectivity index (χ0n) is 16.4. The lowest BCUT2D eigenvalue weighted by atomic mass is 9.91. The Morgan fingerprint density at radius 1 is 1.23 bits per heavy atom. The Morgan fingerprint density at radius 3 is 2.84 bits per heavy atom. The van der Waals surface area contributed by atoms with E-state index in [9.17, 15) is 14.4 Å². The molecule has 0 N–H and O–H groups in total. The minimum atomic E-state index is -0.552. The number of carbonyl (C=O) groups is 3. The zero-order chi connectivity index (χ0) is 21.7. The van der Waals surface area contributed by atoms with Crippen molar-refractivity contribution < 1.29 is 14.4 Å². The summed E-state index contributed by atoms with van der Waals surface area (Å²) in [6, 6.07) is 7.58. The number of aromatic nitrogens is 4. The highest BCUT2D eigenvalue weighted by Crippen LogP contribution is 2.39. The molecular weight excluding hydrogens is 482 g/mol. The summed E-state index contributed by atoms with van der Waals surface area (Å²) in [5.74, 6) is -1.67. The number of rotatable bonds is 5. The summed E-state index contributed by atoms with van der Waals surface area (Å²) in [5, 5.41) is 8.51. The third-order valence-corrected chi connectivity index (χ3v) is 7.69. The zero-order valence-corrected chi connectivity index (χ0v) is 18.8. The van der Waals surface area contributed by atoms with Crippen molar-refractivity contribution in [1.29, 1.82) is 0 Å². The van der Waals surface area contributed by atoms with Crippen LogP contribution in [0.3, 0.4) is 0 Å². The van der Waals surface area contributed by atoms with E-state index in [1.54, 1.807) is 6.20 Å². The molecule has 1 saturated heterocycles. The van der Waals surface area contributed by atoms with E-state index in [-0.39, 0.29) is 23.7 Å². The summed E-state index contributed by atoms with van der Waals surface area (Å²) >= 11 is 4.87. The average Bonchev–Trinajstić information content (AvgIpc) is 3.44. The van der Waals surface area contributed by atoms with Gasteiger partial charge in [0.05, 0.1) is 33.7 Å². The van der Waals surface area contributed by atoms with Crippen molar-refractivity contribution in [3.05, 3.63) is 64.6 Å². The van der Waals surface area contributed by atoms with Gasteiger partial charge in [0.25, 0.3) is 5.91 Å². The van der Waals surface area contributed by atoms with Gasteiger partial charge in [0.2, 0.25) is 11.6 Å². The standard InChI is InChI=1S/C21H16BrN5O3S/c1-11-6-7-14-17(18(11)22)19(29)21(30)27(14)9-12-8-26(25-24-12)10-15(28)20-23-13-4-2-3-5-16(13)31-20/h2-8,17-18H,9-10H2,1H3. The minimum absolute atomic E-state index is 0.00354. The summed E-state index contributed by atoms with van der Waals surface area (Å²) < 4.78 is 2.38. The van der Waals surface area contributed by atoms with Gasteiger partial charge in [-0.25, -0.2) is 9.67 Å². The van der Waals surface area contributed by atoms with E-state index in [1.165, 1.54) is 20.9 Å². The van der Waals surface area contributed by atoms with Crippen LogP contribution in [0.25, 0.3) is 10.2 Å². The molecule has 2 unspecified atom stereocenters. The maximum absolute atomic E-state index is 12.6. The van der Waals surface area contributed by atoms with Crippen molar-refractivity contribution in [3.8, 4) is 0 Å². The van der Waals surface area contributed by atoms with Crippen molar-refractivity contribution in [2.75, 3.05) is 0 Å². The first-order chi connectivity index (χ1) is 14.9. The number of halogens is 1. The number of nitrogens with zero attached hydrogens (tertiary/aromatic N) is 5. The van der Waals surface area contributed by atoms with E-state index in [4.69, 9.17) is 0 Å². The number of alkyl halides is 1. The topological polar surface area (TPSA) is 98.1 Å². The first-order valence-corrected chi connectivity index (χ1v) is 11.3. The molecule has 31 heavy (non-hydrogen) atoms. The van der Waals surface area contributed by atoms with Crippen LogP contribution in [0.1, 0.15) is 22.4 Å². The highest BCUT2D eigenvalue weighted by molar-refractivity contribution is 9.09. The van der Waals surface area contributed by atoms with Crippen molar-refractivity contribution in [1.82, 2.24) is 24.9 Å². The lowest BCUT2D eigenvalue weighted by Gasteiger charge is -2.24. The molecule has 2 aromatic heterocycles. The van der Waals surface area contributed by atoms with E-state index >= 15 is 0 Å². The third-order valence-electron chi connectivity index (χ3n) is 5.36. The van der Waals surface area contributed by atoms with Crippen LogP contribution in [0.4, 0.5) is 0 Å². The third kappa shape index (κ3) is 3.45. The van der Waals surface area contributed by atoms with Crippen LogP contribution < -0.4 is 0 Å². The number of ketones is 2. The van der Waals surface area contributed by atoms with Crippen molar-refractivity contribution >= 4 is 55.0 Å². The number of hydrogen-bond acceptors (Lipinski definition) is 7. The largest absolute Gasteiger partial charge is 0.303 e. The molecule has 156 valence electrons. The number of benzene rings is 1. The number of para-hydroxylation sites is 1. The van der Waals surface area contributed by atoms with Crippen LogP contribution in [0.15, 0.2) is 53.9 Å². The quantitative estimate of drug-likeness (QED) is 0.305. The van der Waals surface area contributed by atoms with Crippen LogP contribution in [-0.2, 0) is 22.7 Å². The van der Waals surface area contributed by atoms with Gasteiger partial charge < -0.3 is 4.90 Å². The number of amides is 1. The number of Topliss-reactive ketones (excluding diaryl/α,β-unsaturated/α-hetero) is 2. The van der Waals surface area contributed by atoms with Crippen LogP contribution in [0.5, 0.6) is 0 Å². The number of carbonyl (C=O) groups excluding carboxylic acids is 3. The molecule has 10 heteroatoms. The highest BCUT2D eigenvalue weighted by Gasteiger charge is 2.48. The molecule has 1 aromatic carbocycles. The SMILES string of the molecule is CC1=CC=C2C(C(=O)C(=O)N2Cc2cn(CC(=O)c3nc4ccccc4s3)nn2)C1Br. The maximum atomic E-state index is 12.6. The minimum Gasteiger partial charge on any atom is -0.303 e. The van der Waals surface area contributed by atoms with Crippen LogP contribution in [0, 0.1) is 5.92 Å². The molecule has 1 aliphatic carbocycles. The Bertz CT molecular complexity index is 1270. The molecule has 3 aromatic rings. The number of thiazole rings is 1. The lowest BCUT2D eigenvalue weighted by molar-refractivity contribution is -0.140. The van der Waals surface area contributed by atoms with Gasteiger partial charge in [-0.1, -0.05) is 44.9 Å². The van der Waals surface area contributed by atoms with Crippen molar-refractivity contribution in [2.24, 2.45) is 5.92 Å². The second-order valence-corrected chi connectivity index (χ2v) is 9.47. The van der Waals surface area contributed by atoms with Gasteiger partial charge in [0.15, 0.2) is 5.01 Å². The molecule has 0 bridgehead atoms. The Balaban J connectivity index is 1.32. The average molecular weight is 498 g/mol. The molecule has 1 aliphatic heterocycles. The first-order valence-electron chi connectivity index (χ1n) is 9.58. The normalized spacial score (nSPS) is 20.8. The van der Waals surface area contributed by atoms with Gasteiger partial charge in [0.1, 0.15) is 12.2 Å². The van der Waals surface area contributed by atoms with Gasteiger partial charge in [0, 0.05) is 5.70 Å². The first kappa shape index (κ1) is 20.0. The Kier molecular flexibility index (Phi) is 4.90. The predicted octanol–water partition coefficient (Wildman–Crippen LogP) is 2.91. The molecule has 1 fully saturated rings. The van der Waals surface area contributed by atoms with E-state index < -0.39 is 17.6 Å². The molecule has 8 nitrogen and oxygen atoms in total. The van der Waals surface area contributed by atoms with Crippen molar-refractivity contribution in [2.45, 2.75) is 24.8 Å². The number of fused-ring (bicyclic) bond motifs is 2. The van der Waals surface area contributed by atoms with E-state index in [1.807, 2.05) is 43.3 Å². The highest BCUT2D eigenvalue weighted by atomic mass is 79.9. The van der Waals surface area contributed by atoms with Crippen LogP contribution >= 0.6 is 27.3 Å². The smallest absolute Gasteiger partial charge is 0.295 e. The van der Waals surface area contributed by atoms with Crippen LogP contribution in [-0.4, -0.2) is 47.2 Å². The van der Waals surface area contributed by atoms with Gasteiger partial charge in [-0.2, -0.15) is 0 Å². The van der Waals surface area contributed by atoms with E-state index in [2.05, 4.69) is 31.2 Å². The number of hydrogen-bond donors (Lipinski definition) is 0. The second kappa shape index (κ2) is 7.61. The van der Waals surface area contributed by atoms with Gasteiger partial charge in [-0.15, -0.1) is 16.4 Å². The Morgan fingerprint density at radius 2 is 2.03 bits per heavy atom. The molecular formula is C21H16BrN5O3S. The Labute approximate surface area is 189 Å². The van der Waals surface area contributed by atoms with Gasteiger partial charge >= 0.3 is 0 Å². The Hall–Kier alpha value is -2.98. The van der Waals surface area contributed by atoms with Gasteiger partial charge in [-0.05, 0) is 25.1 Å². The fraction of sp³-hybridized carbons (Fsp3) is 0.238. The summed E-state index contributed by atoms with van der Waals surface area (Å²) in [6.07, 6.45) is 5.33. The molecule has 1 amide bonds. The predicted molar refractivity (Wildman–Crippen MR) is 118 cm³/mol. The fourth-order valence-corrected chi connectivity index (χ4v) is 5.31. The summed E-state index contributed by atoms with van der Waals surface area (Å²) in [6.45, 7) is 2.03. The summed E-state index contributed by atoms with van der Waals surface area (Å²) in [4.78, 5) is 43.3. The molecule has 0 radical (unpaired) electrons. The molecule has 0 spiro atoms. The van der Waals surface area contributed by atoms with Crippen molar-refractivity contribution in [3.63, 3.8) is 0 Å². The molecule has 3 heterocycles. The fourth-order valence-electron chi connectivity index (χ4n) is 3.75. The maximum Gasteiger partial charge on any atom is 0.295 e. The van der Waals surface area contributed by atoms with Gasteiger partial charge in [-0.3, -0.25) is 14.4 Å². The lowest BCUT2D eigenvalue weighted by Crippen LogP contribution is -2.26. The monoisotopic (exact) mass is 497 g/mol. The van der Waals surface area contributed by atoms with E-state index in [0.29, 0.717) is 16.4 Å². The second-order valence-electron chi connectivity index (χ2n) is 7.45.